The molecule has 2 nitrogen and oxygen atoms in total. The number of rotatable bonds is 3. The SMILES string of the molecule is Cc1ccc(C(C(C)N)N(C)C)cc1C. The maximum absolute atomic E-state index is 6.02. The standard InChI is InChI=1S/C13H22N2/c1-9-6-7-12(8-10(9)2)13(11(3)14)15(4)5/h6-8,11,13H,14H2,1-5H3. The van der Waals surface area contributed by atoms with Crippen LogP contribution in [0.25, 0.3) is 0 Å². The van der Waals surface area contributed by atoms with Crippen molar-refractivity contribution in [2.45, 2.75) is 32.9 Å². The van der Waals surface area contributed by atoms with Crippen molar-refractivity contribution >= 4 is 0 Å². The van der Waals surface area contributed by atoms with Gasteiger partial charge in [-0.05, 0) is 51.6 Å². The molecule has 0 heterocycles. The summed E-state index contributed by atoms with van der Waals surface area (Å²) in [6.45, 7) is 6.34. The van der Waals surface area contributed by atoms with Gasteiger partial charge in [-0.3, -0.25) is 0 Å². The van der Waals surface area contributed by atoms with E-state index < -0.39 is 0 Å². The minimum absolute atomic E-state index is 0.141. The number of aryl methyl sites for hydroxylation is 2. The zero-order valence-corrected chi connectivity index (χ0v) is 10.4. The highest BCUT2D eigenvalue weighted by molar-refractivity contribution is 5.32. The van der Waals surface area contributed by atoms with Crippen LogP contribution >= 0.6 is 0 Å². The minimum Gasteiger partial charge on any atom is -0.326 e. The van der Waals surface area contributed by atoms with Gasteiger partial charge in [-0.15, -0.1) is 0 Å². The Morgan fingerprint density at radius 2 is 1.73 bits per heavy atom. The summed E-state index contributed by atoms with van der Waals surface area (Å²) in [6.07, 6.45) is 0. The summed E-state index contributed by atoms with van der Waals surface area (Å²) in [4.78, 5) is 2.18. The second kappa shape index (κ2) is 4.77. The number of nitrogens with two attached hydrogens (primary N) is 1. The number of benzene rings is 1. The zero-order valence-electron chi connectivity index (χ0n) is 10.4. The van der Waals surface area contributed by atoms with Gasteiger partial charge in [-0.2, -0.15) is 0 Å². The van der Waals surface area contributed by atoms with Crippen molar-refractivity contribution in [3.8, 4) is 0 Å². The third kappa shape index (κ3) is 2.80. The van der Waals surface area contributed by atoms with Crippen molar-refractivity contribution in [1.29, 1.82) is 0 Å². The second-order valence-corrected chi connectivity index (χ2v) is 4.61. The lowest BCUT2D eigenvalue weighted by Crippen LogP contribution is -2.35. The van der Waals surface area contributed by atoms with E-state index in [2.05, 4.69) is 58.0 Å². The van der Waals surface area contributed by atoms with Gasteiger partial charge in [-0.1, -0.05) is 18.2 Å². The summed E-state index contributed by atoms with van der Waals surface area (Å²) in [6, 6.07) is 7.02. The average molecular weight is 206 g/mol. The van der Waals surface area contributed by atoms with E-state index in [1.165, 1.54) is 16.7 Å². The van der Waals surface area contributed by atoms with Crippen LogP contribution in [0.1, 0.15) is 29.7 Å². The molecule has 2 N–H and O–H groups in total. The molecule has 0 aromatic heterocycles. The summed E-state index contributed by atoms with van der Waals surface area (Å²) >= 11 is 0. The van der Waals surface area contributed by atoms with Crippen LogP contribution in [0.3, 0.4) is 0 Å². The van der Waals surface area contributed by atoms with Crippen LogP contribution in [-0.2, 0) is 0 Å². The minimum atomic E-state index is 0.141. The molecule has 1 rings (SSSR count). The Balaban J connectivity index is 3.07. The van der Waals surface area contributed by atoms with Gasteiger partial charge < -0.3 is 10.6 Å². The molecule has 0 aliphatic carbocycles. The van der Waals surface area contributed by atoms with Crippen LogP contribution in [0.2, 0.25) is 0 Å². The molecule has 0 fully saturated rings. The fraction of sp³-hybridized carbons (Fsp3) is 0.538. The van der Waals surface area contributed by atoms with Crippen molar-refractivity contribution in [2.75, 3.05) is 14.1 Å². The lowest BCUT2D eigenvalue weighted by atomic mass is 9.96. The van der Waals surface area contributed by atoms with E-state index in [0.717, 1.165) is 0 Å². The van der Waals surface area contributed by atoms with E-state index in [1.807, 2.05) is 0 Å². The monoisotopic (exact) mass is 206 g/mol. The van der Waals surface area contributed by atoms with Gasteiger partial charge in [0.1, 0.15) is 0 Å². The maximum atomic E-state index is 6.02. The lowest BCUT2D eigenvalue weighted by Gasteiger charge is -2.28. The molecule has 15 heavy (non-hydrogen) atoms. The zero-order chi connectivity index (χ0) is 11.6. The Kier molecular flexibility index (Phi) is 3.89. The van der Waals surface area contributed by atoms with Crippen LogP contribution < -0.4 is 5.73 Å². The average Bonchev–Trinajstić information content (AvgIpc) is 2.10. The second-order valence-electron chi connectivity index (χ2n) is 4.61. The third-order valence-electron chi connectivity index (χ3n) is 2.93. The predicted octanol–water partition coefficient (Wildman–Crippen LogP) is 2.25. The number of likely N-dealkylation sites (N-methyl/N-ethyl adjacent to an activating group) is 1. The van der Waals surface area contributed by atoms with Crippen LogP contribution in [0, 0.1) is 13.8 Å². The molecule has 0 amide bonds. The van der Waals surface area contributed by atoms with Crippen molar-refractivity contribution in [3.05, 3.63) is 34.9 Å². The first-order chi connectivity index (χ1) is 6.93. The van der Waals surface area contributed by atoms with E-state index >= 15 is 0 Å². The summed E-state index contributed by atoms with van der Waals surface area (Å²) < 4.78 is 0. The highest BCUT2D eigenvalue weighted by atomic mass is 15.1. The third-order valence-corrected chi connectivity index (χ3v) is 2.93. The molecule has 0 aliphatic rings. The van der Waals surface area contributed by atoms with Gasteiger partial charge in [0.15, 0.2) is 0 Å². The van der Waals surface area contributed by atoms with Crippen molar-refractivity contribution in [2.24, 2.45) is 5.73 Å². The van der Waals surface area contributed by atoms with E-state index in [0.29, 0.717) is 6.04 Å². The normalized spacial score (nSPS) is 15.4. The Labute approximate surface area is 93.1 Å². The predicted molar refractivity (Wildman–Crippen MR) is 66.0 cm³/mol. The Morgan fingerprint density at radius 3 is 2.13 bits per heavy atom. The fourth-order valence-electron chi connectivity index (χ4n) is 2.02. The van der Waals surface area contributed by atoms with Crippen LogP contribution in [-0.4, -0.2) is 25.0 Å². The molecule has 84 valence electrons. The van der Waals surface area contributed by atoms with Crippen LogP contribution in [0.4, 0.5) is 0 Å². The van der Waals surface area contributed by atoms with E-state index in [-0.39, 0.29) is 6.04 Å². The Hall–Kier alpha value is -0.860. The van der Waals surface area contributed by atoms with Gasteiger partial charge >= 0.3 is 0 Å². The quantitative estimate of drug-likeness (QED) is 0.822. The molecule has 0 aliphatic heterocycles. The summed E-state index contributed by atoms with van der Waals surface area (Å²) in [5, 5.41) is 0. The van der Waals surface area contributed by atoms with Gasteiger partial charge in [0.25, 0.3) is 0 Å². The molecule has 0 saturated heterocycles. The van der Waals surface area contributed by atoms with Crippen molar-refractivity contribution in [1.82, 2.24) is 4.90 Å². The molecular formula is C13H22N2. The van der Waals surface area contributed by atoms with Gasteiger partial charge in [0.2, 0.25) is 0 Å². The lowest BCUT2D eigenvalue weighted by molar-refractivity contribution is 0.266. The van der Waals surface area contributed by atoms with Gasteiger partial charge in [-0.25, -0.2) is 0 Å². The number of nitrogens with zero attached hydrogens (tertiary/aromatic N) is 1. The Bertz CT molecular complexity index is 321. The molecule has 2 heteroatoms. The fourth-order valence-corrected chi connectivity index (χ4v) is 2.02. The molecule has 0 radical (unpaired) electrons. The number of hydrogen-bond acceptors (Lipinski definition) is 2. The van der Waals surface area contributed by atoms with Gasteiger partial charge in [0.05, 0.1) is 0 Å². The molecule has 0 bridgehead atoms. The van der Waals surface area contributed by atoms with Crippen LogP contribution in [0.5, 0.6) is 0 Å². The number of hydrogen-bond donors (Lipinski definition) is 1. The topological polar surface area (TPSA) is 29.3 Å². The van der Waals surface area contributed by atoms with E-state index in [9.17, 15) is 0 Å². The smallest absolute Gasteiger partial charge is 0.0491 e. The first-order valence-electron chi connectivity index (χ1n) is 5.42. The molecule has 0 saturated carbocycles. The maximum Gasteiger partial charge on any atom is 0.0491 e. The molecular weight excluding hydrogens is 184 g/mol. The first kappa shape index (κ1) is 12.2. The van der Waals surface area contributed by atoms with E-state index in [1.54, 1.807) is 0 Å². The molecule has 2 atom stereocenters. The molecule has 1 aromatic rings. The summed E-state index contributed by atoms with van der Waals surface area (Å²) in [5.41, 5.74) is 9.99. The van der Waals surface area contributed by atoms with Gasteiger partial charge in [0, 0.05) is 12.1 Å². The molecule has 2 unspecified atom stereocenters. The largest absolute Gasteiger partial charge is 0.326 e. The first-order valence-corrected chi connectivity index (χ1v) is 5.42. The highest BCUT2D eigenvalue weighted by Crippen LogP contribution is 2.23. The van der Waals surface area contributed by atoms with Crippen LogP contribution in [0.15, 0.2) is 18.2 Å². The van der Waals surface area contributed by atoms with Crippen molar-refractivity contribution in [3.63, 3.8) is 0 Å². The Morgan fingerprint density at radius 1 is 1.13 bits per heavy atom. The molecule has 1 aromatic carbocycles. The summed E-state index contributed by atoms with van der Waals surface area (Å²) in [7, 11) is 4.15. The summed E-state index contributed by atoms with van der Waals surface area (Å²) in [5.74, 6) is 0. The van der Waals surface area contributed by atoms with Crippen molar-refractivity contribution < 1.29 is 0 Å². The van der Waals surface area contributed by atoms with E-state index in [4.69, 9.17) is 5.73 Å². The highest BCUT2D eigenvalue weighted by Gasteiger charge is 2.18. The molecule has 0 spiro atoms.